The van der Waals surface area contributed by atoms with Gasteiger partial charge in [0.1, 0.15) is 12.3 Å². The summed E-state index contributed by atoms with van der Waals surface area (Å²) >= 11 is 0. The highest BCUT2D eigenvalue weighted by atomic mass is 16.4. The zero-order chi connectivity index (χ0) is 12.7. The van der Waals surface area contributed by atoms with Crippen LogP contribution in [0.5, 0.6) is 0 Å². The first-order valence-corrected chi connectivity index (χ1v) is 5.28. The highest BCUT2D eigenvalue weighted by Crippen LogP contribution is 2.21. The maximum absolute atomic E-state index is 11.7. The zero-order valence-corrected chi connectivity index (χ0v) is 9.39. The Morgan fingerprint density at radius 1 is 1.29 bits per heavy atom. The maximum Gasteiger partial charge on any atom is 0.321 e. The molecular weight excluding hydrogens is 228 g/mol. The molecule has 0 aliphatic carbocycles. The van der Waals surface area contributed by atoms with E-state index in [9.17, 15) is 19.5 Å². The standard InChI is InChI=1S/C9H14N4O4/c1-3(2)4(7(14)15)13-6-5(11-9(13)17)10-8(16)12-6/h3-6H,1-2H3,(H,11,17)(H,14,15)(H2,10,12,16)/p-1. The van der Waals surface area contributed by atoms with Gasteiger partial charge in [0.2, 0.25) is 0 Å². The molecule has 0 radical (unpaired) electrons. The molecular formula is C9H13N4O4-. The van der Waals surface area contributed by atoms with Gasteiger partial charge in [0, 0.05) is 0 Å². The van der Waals surface area contributed by atoms with Gasteiger partial charge in [-0.05, 0) is 5.92 Å². The van der Waals surface area contributed by atoms with Crippen LogP contribution in [0.25, 0.3) is 0 Å². The number of rotatable bonds is 3. The van der Waals surface area contributed by atoms with Crippen molar-refractivity contribution in [3.05, 3.63) is 0 Å². The smallest absolute Gasteiger partial charge is 0.321 e. The van der Waals surface area contributed by atoms with Crippen molar-refractivity contribution in [2.45, 2.75) is 32.2 Å². The van der Waals surface area contributed by atoms with Crippen molar-refractivity contribution in [3.8, 4) is 0 Å². The highest BCUT2D eigenvalue weighted by molar-refractivity contribution is 5.88. The Labute approximate surface area is 97.3 Å². The summed E-state index contributed by atoms with van der Waals surface area (Å²) in [6.07, 6.45) is -1.30. The molecule has 2 fully saturated rings. The fourth-order valence-electron chi connectivity index (χ4n) is 2.16. The second-order valence-electron chi connectivity index (χ2n) is 4.40. The van der Waals surface area contributed by atoms with E-state index in [2.05, 4.69) is 16.0 Å². The van der Waals surface area contributed by atoms with Crippen molar-refractivity contribution in [2.75, 3.05) is 0 Å². The van der Waals surface area contributed by atoms with Crippen LogP contribution < -0.4 is 21.1 Å². The Morgan fingerprint density at radius 3 is 2.47 bits per heavy atom. The molecule has 4 amide bonds. The Bertz CT molecular complexity index is 383. The average Bonchev–Trinajstić information content (AvgIpc) is 2.64. The summed E-state index contributed by atoms with van der Waals surface area (Å²) in [5, 5.41) is 18.5. The maximum atomic E-state index is 11.7. The number of aliphatic carboxylic acids is 1. The molecule has 2 rings (SSSR count). The summed E-state index contributed by atoms with van der Waals surface area (Å²) in [7, 11) is 0. The Hall–Kier alpha value is -1.99. The number of carbonyl (C=O) groups excluding carboxylic acids is 3. The van der Waals surface area contributed by atoms with Crippen molar-refractivity contribution in [3.63, 3.8) is 0 Å². The van der Waals surface area contributed by atoms with Crippen molar-refractivity contribution in [1.29, 1.82) is 0 Å². The van der Waals surface area contributed by atoms with Gasteiger partial charge in [0.05, 0.1) is 12.0 Å². The zero-order valence-electron chi connectivity index (χ0n) is 9.39. The quantitative estimate of drug-likeness (QED) is 0.518. The van der Waals surface area contributed by atoms with E-state index in [4.69, 9.17) is 0 Å². The second kappa shape index (κ2) is 3.79. The topological polar surface area (TPSA) is 114 Å². The highest BCUT2D eigenvalue weighted by Gasteiger charge is 2.49. The van der Waals surface area contributed by atoms with Gasteiger partial charge in [-0.1, -0.05) is 13.8 Å². The lowest BCUT2D eigenvalue weighted by Crippen LogP contribution is -2.57. The molecule has 0 saturated carbocycles. The van der Waals surface area contributed by atoms with Crippen LogP contribution in [-0.4, -0.2) is 41.3 Å². The molecule has 0 bridgehead atoms. The first-order valence-electron chi connectivity index (χ1n) is 5.28. The number of urea groups is 2. The SMILES string of the molecule is CC(C)C(C(=O)[O-])N1C(=O)NC2NC(=O)NC21. The number of nitrogens with one attached hydrogen (secondary N) is 3. The van der Waals surface area contributed by atoms with Gasteiger partial charge in [0.25, 0.3) is 0 Å². The first-order chi connectivity index (χ1) is 7.91. The van der Waals surface area contributed by atoms with Crippen molar-refractivity contribution in [1.82, 2.24) is 20.9 Å². The summed E-state index contributed by atoms with van der Waals surface area (Å²) < 4.78 is 0. The molecule has 2 heterocycles. The second-order valence-corrected chi connectivity index (χ2v) is 4.40. The lowest BCUT2D eigenvalue weighted by Gasteiger charge is -2.34. The van der Waals surface area contributed by atoms with Gasteiger partial charge in [0.15, 0.2) is 0 Å². The van der Waals surface area contributed by atoms with Crippen LogP contribution in [0.1, 0.15) is 13.8 Å². The minimum absolute atomic E-state index is 0.318. The normalized spacial score (nSPS) is 28.5. The van der Waals surface area contributed by atoms with Crippen LogP contribution in [0, 0.1) is 5.92 Å². The van der Waals surface area contributed by atoms with E-state index in [1.54, 1.807) is 13.8 Å². The monoisotopic (exact) mass is 241 g/mol. The molecule has 2 saturated heterocycles. The van der Waals surface area contributed by atoms with Crippen LogP contribution in [0.2, 0.25) is 0 Å². The number of carbonyl (C=O) groups is 3. The lowest BCUT2D eigenvalue weighted by molar-refractivity contribution is -0.312. The minimum atomic E-state index is -1.34. The van der Waals surface area contributed by atoms with Gasteiger partial charge in [-0.3, -0.25) is 4.90 Å². The molecule has 3 unspecified atom stereocenters. The third-order valence-corrected chi connectivity index (χ3v) is 2.87. The van der Waals surface area contributed by atoms with Crippen LogP contribution in [0.4, 0.5) is 9.59 Å². The number of fused-ring (bicyclic) bond motifs is 1. The summed E-state index contributed by atoms with van der Waals surface area (Å²) in [6, 6.07) is -2.05. The fourth-order valence-corrected chi connectivity index (χ4v) is 2.16. The molecule has 2 aliphatic rings. The third-order valence-electron chi connectivity index (χ3n) is 2.87. The van der Waals surface area contributed by atoms with E-state index in [0.717, 1.165) is 4.90 Å². The molecule has 0 spiro atoms. The van der Waals surface area contributed by atoms with Crippen LogP contribution in [0.3, 0.4) is 0 Å². The van der Waals surface area contributed by atoms with E-state index in [-0.39, 0.29) is 5.92 Å². The van der Waals surface area contributed by atoms with Gasteiger partial charge in [-0.2, -0.15) is 0 Å². The van der Waals surface area contributed by atoms with E-state index in [1.807, 2.05) is 0 Å². The molecule has 8 heteroatoms. The van der Waals surface area contributed by atoms with E-state index < -0.39 is 36.4 Å². The number of hydrogen-bond acceptors (Lipinski definition) is 4. The molecule has 94 valence electrons. The summed E-state index contributed by atoms with van der Waals surface area (Å²) in [6.45, 7) is 3.34. The number of carboxylic acids is 1. The van der Waals surface area contributed by atoms with Gasteiger partial charge < -0.3 is 25.9 Å². The summed E-state index contributed by atoms with van der Waals surface area (Å²) in [5.41, 5.74) is 0. The number of hydrogen-bond donors (Lipinski definition) is 3. The fraction of sp³-hybridized carbons (Fsp3) is 0.667. The Balaban J connectivity index is 2.26. The Kier molecular flexibility index (Phi) is 2.56. The molecule has 0 aromatic heterocycles. The predicted molar refractivity (Wildman–Crippen MR) is 53.2 cm³/mol. The van der Waals surface area contributed by atoms with Gasteiger partial charge in [-0.25, -0.2) is 9.59 Å². The Morgan fingerprint density at radius 2 is 1.94 bits per heavy atom. The predicted octanol–water partition coefficient (Wildman–Crippen LogP) is -2.25. The minimum Gasteiger partial charge on any atom is -0.548 e. The molecule has 8 nitrogen and oxygen atoms in total. The first kappa shape index (κ1) is 11.5. The lowest BCUT2D eigenvalue weighted by atomic mass is 10.0. The van der Waals surface area contributed by atoms with Crippen molar-refractivity contribution in [2.24, 2.45) is 5.92 Å². The molecule has 17 heavy (non-hydrogen) atoms. The van der Waals surface area contributed by atoms with E-state index in [1.165, 1.54) is 0 Å². The van der Waals surface area contributed by atoms with Crippen molar-refractivity contribution < 1.29 is 19.5 Å². The molecule has 2 aliphatic heterocycles. The number of carboxylic acid groups (broad SMARTS) is 1. The largest absolute Gasteiger partial charge is 0.548 e. The van der Waals surface area contributed by atoms with E-state index >= 15 is 0 Å². The average molecular weight is 241 g/mol. The number of amides is 4. The van der Waals surface area contributed by atoms with Crippen LogP contribution in [0.15, 0.2) is 0 Å². The summed E-state index contributed by atoms with van der Waals surface area (Å²) in [5.74, 6) is -1.65. The molecule has 0 aromatic carbocycles. The van der Waals surface area contributed by atoms with Crippen molar-refractivity contribution >= 4 is 18.0 Å². The van der Waals surface area contributed by atoms with E-state index in [0.29, 0.717) is 0 Å². The molecule has 3 atom stereocenters. The van der Waals surface area contributed by atoms with Gasteiger partial charge in [-0.15, -0.1) is 0 Å². The molecule has 0 aromatic rings. The van der Waals surface area contributed by atoms with Crippen LogP contribution in [-0.2, 0) is 4.79 Å². The van der Waals surface area contributed by atoms with Crippen LogP contribution >= 0.6 is 0 Å². The molecule has 3 N–H and O–H groups in total. The van der Waals surface area contributed by atoms with Gasteiger partial charge >= 0.3 is 12.1 Å². The number of nitrogens with zero attached hydrogens (tertiary/aromatic N) is 1. The third kappa shape index (κ3) is 1.75. The summed E-state index contributed by atoms with van der Waals surface area (Å²) in [4.78, 5) is 35.0.